The highest BCUT2D eigenvalue weighted by atomic mass is 16.5. The first-order chi connectivity index (χ1) is 17.4. The average molecular weight is 493 g/mol. The van der Waals surface area contributed by atoms with E-state index in [0.29, 0.717) is 48.6 Å². The smallest absolute Gasteiger partial charge is 0.336 e. The number of benzene rings is 2. The van der Waals surface area contributed by atoms with Crippen molar-refractivity contribution in [3.05, 3.63) is 68.5 Å². The quantitative estimate of drug-likeness (QED) is 0.509. The van der Waals surface area contributed by atoms with Crippen molar-refractivity contribution in [1.82, 2.24) is 9.88 Å². The van der Waals surface area contributed by atoms with Gasteiger partial charge >= 0.3 is 5.97 Å². The Balaban J connectivity index is 1.61. The number of carbonyl (C=O) groups is 1. The Morgan fingerprint density at radius 1 is 1.31 bits per heavy atom. The van der Waals surface area contributed by atoms with Crippen LogP contribution < -0.4 is 14.9 Å². The Kier molecular flexibility index (Phi) is 6.73. The first-order valence-corrected chi connectivity index (χ1v) is 12.5. The van der Waals surface area contributed by atoms with E-state index in [0.717, 1.165) is 47.2 Å². The van der Waals surface area contributed by atoms with Crippen molar-refractivity contribution in [2.75, 3.05) is 26.9 Å². The van der Waals surface area contributed by atoms with Gasteiger partial charge in [0.1, 0.15) is 11.5 Å². The number of piperidine rings is 1. The maximum atomic E-state index is 13.0. The Bertz CT molecular complexity index is 1360. The molecular formula is C28H32N2O6. The van der Waals surface area contributed by atoms with Crippen molar-refractivity contribution in [2.45, 2.75) is 51.8 Å². The summed E-state index contributed by atoms with van der Waals surface area (Å²) in [6.45, 7) is 6.33. The number of nitrogens with one attached hydrogen (secondary N) is 1. The van der Waals surface area contributed by atoms with Crippen LogP contribution in [0.1, 0.15) is 58.4 Å². The second-order valence-corrected chi connectivity index (χ2v) is 9.47. The maximum absolute atomic E-state index is 13.0. The van der Waals surface area contributed by atoms with Gasteiger partial charge in [-0.25, -0.2) is 4.79 Å². The molecule has 2 aliphatic heterocycles. The first-order valence-electron chi connectivity index (χ1n) is 12.5. The number of ether oxygens (including phenoxy) is 3. The molecule has 2 aliphatic rings. The van der Waals surface area contributed by atoms with E-state index in [-0.39, 0.29) is 17.6 Å². The Hall–Kier alpha value is -3.36. The third-order valence-electron chi connectivity index (χ3n) is 7.43. The van der Waals surface area contributed by atoms with Gasteiger partial charge in [-0.3, -0.25) is 9.69 Å². The van der Waals surface area contributed by atoms with Crippen molar-refractivity contribution in [3.63, 3.8) is 0 Å². The molecule has 1 fully saturated rings. The van der Waals surface area contributed by atoms with Gasteiger partial charge in [-0.05, 0) is 44.4 Å². The number of hydrogen-bond acceptors (Lipinski definition) is 6. The zero-order valence-electron chi connectivity index (χ0n) is 20.9. The fourth-order valence-electron chi connectivity index (χ4n) is 5.78. The lowest BCUT2D eigenvalue weighted by molar-refractivity contribution is -0.0142. The molecule has 36 heavy (non-hydrogen) atoms. The summed E-state index contributed by atoms with van der Waals surface area (Å²) in [5, 5.41) is 10.3. The number of aryl methyl sites for hydroxylation is 1. The molecule has 0 aliphatic carbocycles. The number of methoxy groups -OCH3 is 1. The summed E-state index contributed by atoms with van der Waals surface area (Å²) in [5.41, 5.74) is 4.60. The summed E-state index contributed by atoms with van der Waals surface area (Å²) in [6.07, 6.45) is 3.96. The predicted molar refractivity (Wildman–Crippen MR) is 136 cm³/mol. The molecule has 0 amide bonds. The van der Waals surface area contributed by atoms with Crippen LogP contribution in [0.5, 0.6) is 11.5 Å². The largest absolute Gasteiger partial charge is 0.496 e. The molecule has 0 saturated carbocycles. The zero-order chi connectivity index (χ0) is 25.4. The van der Waals surface area contributed by atoms with E-state index in [1.807, 2.05) is 26.0 Å². The van der Waals surface area contributed by atoms with E-state index in [1.165, 1.54) is 0 Å². The van der Waals surface area contributed by atoms with Crippen LogP contribution in [0.2, 0.25) is 0 Å². The summed E-state index contributed by atoms with van der Waals surface area (Å²) < 4.78 is 17.8. The highest BCUT2D eigenvalue weighted by molar-refractivity contribution is 5.91. The summed E-state index contributed by atoms with van der Waals surface area (Å²) in [7, 11) is 1.63. The fraction of sp³-hybridized carbons (Fsp3) is 0.429. The summed E-state index contributed by atoms with van der Waals surface area (Å²) >= 11 is 0. The summed E-state index contributed by atoms with van der Waals surface area (Å²) in [6, 6.07) is 7.04. The minimum absolute atomic E-state index is 0.0449. The van der Waals surface area contributed by atoms with Crippen LogP contribution in [0, 0.1) is 6.92 Å². The highest BCUT2D eigenvalue weighted by Gasteiger charge is 2.35. The standard InChI is InChI=1S/C28H32N2O6/c1-4-35-17-8-11-30(15-21-24(34-3)13-16(2)26-25(21)23(31)7-10-29-26)22(14-17)20-6-5-19(28(32)33)18-9-12-36-27(18)20/h5-7,10,13,17,22H,4,8-9,11-12,14-15H2,1-3H3,(H,29,31)(H,32,33)/t17-,22-/m0/s1. The number of aromatic nitrogens is 1. The lowest BCUT2D eigenvalue weighted by Crippen LogP contribution is -2.39. The van der Waals surface area contributed by atoms with E-state index >= 15 is 0 Å². The normalized spacial score (nSPS) is 19.8. The van der Waals surface area contributed by atoms with Gasteiger partial charge in [0.15, 0.2) is 5.43 Å². The predicted octanol–water partition coefficient (Wildman–Crippen LogP) is 4.22. The number of rotatable bonds is 7. The zero-order valence-corrected chi connectivity index (χ0v) is 20.9. The monoisotopic (exact) mass is 492 g/mol. The van der Waals surface area contributed by atoms with Crippen LogP contribution in [0.4, 0.5) is 0 Å². The second-order valence-electron chi connectivity index (χ2n) is 9.47. The van der Waals surface area contributed by atoms with Gasteiger partial charge in [0.25, 0.3) is 0 Å². The Morgan fingerprint density at radius 3 is 2.89 bits per heavy atom. The molecule has 1 saturated heterocycles. The molecule has 8 nitrogen and oxygen atoms in total. The summed E-state index contributed by atoms with van der Waals surface area (Å²) in [5.74, 6) is 0.428. The lowest BCUT2D eigenvalue weighted by Gasteiger charge is -2.40. The molecule has 0 spiro atoms. The van der Waals surface area contributed by atoms with Crippen molar-refractivity contribution in [3.8, 4) is 11.5 Å². The van der Waals surface area contributed by atoms with Gasteiger partial charge in [-0.1, -0.05) is 6.07 Å². The number of likely N-dealkylation sites (tertiary alicyclic amines) is 1. The Labute approximate surface area is 209 Å². The third-order valence-corrected chi connectivity index (χ3v) is 7.43. The second kappa shape index (κ2) is 9.95. The molecule has 190 valence electrons. The number of hydrogen-bond donors (Lipinski definition) is 2. The number of H-pyrrole nitrogens is 1. The molecule has 3 aromatic rings. The molecule has 2 atom stereocenters. The molecule has 1 aromatic heterocycles. The van der Waals surface area contributed by atoms with Gasteiger partial charge in [-0.2, -0.15) is 0 Å². The average Bonchev–Trinajstić information content (AvgIpc) is 3.36. The van der Waals surface area contributed by atoms with E-state index in [4.69, 9.17) is 14.2 Å². The highest BCUT2D eigenvalue weighted by Crippen LogP contribution is 2.43. The molecular weight excluding hydrogens is 460 g/mol. The minimum Gasteiger partial charge on any atom is -0.496 e. The molecule has 5 rings (SSSR count). The lowest BCUT2D eigenvalue weighted by atomic mass is 9.89. The van der Waals surface area contributed by atoms with Crippen LogP contribution in [0.15, 0.2) is 35.3 Å². The van der Waals surface area contributed by atoms with Crippen molar-refractivity contribution >= 4 is 16.9 Å². The topological polar surface area (TPSA) is 101 Å². The number of aromatic carboxylic acids is 1. The van der Waals surface area contributed by atoms with Crippen LogP contribution >= 0.6 is 0 Å². The number of pyridine rings is 1. The molecule has 2 aromatic carbocycles. The number of carboxylic acids is 1. The van der Waals surface area contributed by atoms with Gasteiger partial charge in [0, 0.05) is 61.1 Å². The molecule has 3 heterocycles. The number of fused-ring (bicyclic) bond motifs is 2. The van der Waals surface area contributed by atoms with E-state index in [2.05, 4.69) is 9.88 Å². The van der Waals surface area contributed by atoms with Crippen LogP contribution in [0.25, 0.3) is 10.9 Å². The van der Waals surface area contributed by atoms with Gasteiger partial charge in [0.05, 0.1) is 36.3 Å². The molecule has 2 N–H and O–H groups in total. The molecule has 0 radical (unpaired) electrons. The number of nitrogens with zero attached hydrogens (tertiary/aromatic N) is 1. The molecule has 0 bridgehead atoms. The fourth-order valence-corrected chi connectivity index (χ4v) is 5.78. The van der Waals surface area contributed by atoms with Crippen LogP contribution in [0.3, 0.4) is 0 Å². The van der Waals surface area contributed by atoms with Gasteiger partial charge < -0.3 is 24.3 Å². The van der Waals surface area contributed by atoms with E-state index in [1.54, 1.807) is 25.4 Å². The molecule has 8 heteroatoms. The SMILES string of the molecule is CCO[C@H]1CCN(Cc2c(OC)cc(C)c3[nH]ccc(=O)c23)[C@H](c2ccc(C(=O)O)c3c2OCC3)C1. The number of aromatic amines is 1. The first kappa shape index (κ1) is 24.3. The van der Waals surface area contributed by atoms with Gasteiger partial charge in [-0.15, -0.1) is 0 Å². The maximum Gasteiger partial charge on any atom is 0.336 e. The van der Waals surface area contributed by atoms with Gasteiger partial charge in [0.2, 0.25) is 0 Å². The Morgan fingerprint density at radius 2 is 2.14 bits per heavy atom. The van der Waals surface area contributed by atoms with Crippen molar-refractivity contribution < 1.29 is 24.1 Å². The van der Waals surface area contributed by atoms with Crippen molar-refractivity contribution in [1.29, 1.82) is 0 Å². The van der Waals surface area contributed by atoms with Crippen molar-refractivity contribution in [2.24, 2.45) is 0 Å². The minimum atomic E-state index is -0.939. The van der Waals surface area contributed by atoms with Crippen LogP contribution in [-0.4, -0.2) is 53.9 Å². The van der Waals surface area contributed by atoms with E-state index in [9.17, 15) is 14.7 Å². The van der Waals surface area contributed by atoms with E-state index < -0.39 is 5.97 Å². The third kappa shape index (κ3) is 4.24. The number of carboxylic acid groups (broad SMARTS) is 1. The summed E-state index contributed by atoms with van der Waals surface area (Å²) in [4.78, 5) is 30.4. The molecule has 0 unspecified atom stereocenters. The van der Waals surface area contributed by atoms with Crippen LogP contribution in [-0.2, 0) is 17.7 Å².